The normalized spacial score (nSPS) is 9.92. The Hall–Kier alpha value is -1.28. The quantitative estimate of drug-likeness (QED) is 0.704. The molecule has 0 aliphatic rings. The van der Waals surface area contributed by atoms with Gasteiger partial charge in [-0.15, -0.1) is 11.3 Å². The third-order valence-corrected chi connectivity index (χ3v) is 2.71. The van der Waals surface area contributed by atoms with Crippen LogP contribution < -0.4 is 4.74 Å². The zero-order valence-electron chi connectivity index (χ0n) is 7.28. The van der Waals surface area contributed by atoms with Crippen LogP contribution >= 0.6 is 11.3 Å². The Morgan fingerprint density at radius 2 is 2.23 bits per heavy atom. The molecule has 13 heavy (non-hydrogen) atoms. The van der Waals surface area contributed by atoms with E-state index >= 15 is 0 Å². The zero-order valence-corrected chi connectivity index (χ0v) is 8.10. The highest BCUT2D eigenvalue weighted by molar-refractivity contribution is 7.13. The molecule has 2 aromatic rings. The number of methoxy groups -OCH3 is 1. The van der Waals surface area contributed by atoms with Crippen molar-refractivity contribution in [3.05, 3.63) is 41.8 Å². The van der Waals surface area contributed by atoms with Gasteiger partial charge in [0.25, 0.3) is 0 Å². The van der Waals surface area contributed by atoms with Crippen molar-refractivity contribution >= 4 is 11.3 Å². The Kier molecular flexibility index (Phi) is 2.32. The maximum absolute atomic E-state index is 5.06. The van der Waals surface area contributed by atoms with Gasteiger partial charge in [-0.1, -0.05) is 6.07 Å². The van der Waals surface area contributed by atoms with Gasteiger partial charge < -0.3 is 4.74 Å². The number of hydrogen-bond acceptors (Lipinski definition) is 2. The van der Waals surface area contributed by atoms with Crippen LogP contribution in [0.3, 0.4) is 0 Å². The number of hydrogen-bond donors (Lipinski definition) is 0. The molecule has 1 nitrogen and oxygen atoms in total. The predicted octanol–water partition coefficient (Wildman–Crippen LogP) is 3.22. The van der Waals surface area contributed by atoms with E-state index in [1.165, 1.54) is 4.88 Å². The highest BCUT2D eigenvalue weighted by atomic mass is 32.1. The average Bonchev–Trinajstić information content (AvgIpc) is 2.71. The second-order valence-electron chi connectivity index (χ2n) is 2.62. The molecule has 0 bridgehead atoms. The van der Waals surface area contributed by atoms with Crippen LogP contribution in [0.25, 0.3) is 10.4 Å². The minimum absolute atomic E-state index is 0.848. The second-order valence-corrected chi connectivity index (χ2v) is 3.57. The molecular weight excluding hydrogens is 180 g/mol. The van der Waals surface area contributed by atoms with Crippen LogP contribution in [0.1, 0.15) is 0 Å². The first-order valence-electron chi connectivity index (χ1n) is 4.00. The van der Waals surface area contributed by atoms with Crippen LogP contribution in [-0.2, 0) is 0 Å². The van der Waals surface area contributed by atoms with Gasteiger partial charge in [0, 0.05) is 4.88 Å². The summed E-state index contributed by atoms with van der Waals surface area (Å²) in [6.07, 6.45) is 0. The number of benzene rings is 1. The standard InChI is InChI=1S/C11H9OS/c1-12-10-6-4-9(5-7-10)11-3-2-8-13-11/h2-4,6-8H,1H3. The summed E-state index contributed by atoms with van der Waals surface area (Å²) in [5.74, 6) is 0.848. The highest BCUT2D eigenvalue weighted by Crippen LogP contribution is 2.25. The molecule has 1 heterocycles. The second kappa shape index (κ2) is 3.62. The van der Waals surface area contributed by atoms with Gasteiger partial charge in [-0.3, -0.25) is 0 Å². The smallest absolute Gasteiger partial charge is 0.119 e. The van der Waals surface area contributed by atoms with E-state index in [9.17, 15) is 0 Å². The van der Waals surface area contributed by atoms with E-state index in [0.29, 0.717) is 0 Å². The molecule has 0 aliphatic carbocycles. The van der Waals surface area contributed by atoms with Crippen molar-refractivity contribution in [2.45, 2.75) is 0 Å². The molecule has 2 rings (SSSR count). The summed E-state index contributed by atoms with van der Waals surface area (Å²) < 4.78 is 5.06. The van der Waals surface area contributed by atoms with Gasteiger partial charge in [-0.05, 0) is 41.3 Å². The summed E-state index contributed by atoms with van der Waals surface area (Å²) in [5.41, 5.74) is 1.12. The molecule has 0 aliphatic heterocycles. The minimum atomic E-state index is 0.848. The first kappa shape index (κ1) is 8.32. The first-order valence-corrected chi connectivity index (χ1v) is 4.88. The summed E-state index contributed by atoms with van der Waals surface area (Å²) in [5, 5.41) is 2.06. The van der Waals surface area contributed by atoms with E-state index in [4.69, 9.17) is 4.74 Å². The molecule has 0 saturated carbocycles. The molecule has 0 saturated heterocycles. The third-order valence-electron chi connectivity index (χ3n) is 1.81. The van der Waals surface area contributed by atoms with Crippen LogP contribution in [0.15, 0.2) is 35.7 Å². The lowest BCUT2D eigenvalue weighted by molar-refractivity contribution is 0.415. The van der Waals surface area contributed by atoms with Crippen molar-refractivity contribution in [1.29, 1.82) is 0 Å². The lowest BCUT2D eigenvalue weighted by atomic mass is 10.2. The van der Waals surface area contributed by atoms with Gasteiger partial charge in [-0.2, -0.15) is 0 Å². The third kappa shape index (κ3) is 1.73. The maximum atomic E-state index is 5.06. The molecule has 1 aromatic carbocycles. The summed E-state index contributed by atoms with van der Waals surface area (Å²) in [6, 6.07) is 13.1. The molecule has 1 aromatic heterocycles. The lowest BCUT2D eigenvalue weighted by Gasteiger charge is -1.99. The van der Waals surface area contributed by atoms with E-state index in [0.717, 1.165) is 11.3 Å². The topological polar surface area (TPSA) is 9.23 Å². The lowest BCUT2D eigenvalue weighted by Crippen LogP contribution is -1.81. The molecular formula is C11H9OS. The van der Waals surface area contributed by atoms with Crippen molar-refractivity contribution in [3.63, 3.8) is 0 Å². The minimum Gasteiger partial charge on any atom is -0.497 e. The van der Waals surface area contributed by atoms with E-state index < -0.39 is 0 Å². The average molecular weight is 189 g/mol. The Morgan fingerprint density at radius 3 is 2.77 bits per heavy atom. The van der Waals surface area contributed by atoms with Crippen LogP contribution in [0, 0.1) is 6.07 Å². The summed E-state index contributed by atoms with van der Waals surface area (Å²) in [4.78, 5) is 1.24. The monoisotopic (exact) mass is 189 g/mol. The van der Waals surface area contributed by atoms with Crippen molar-refractivity contribution in [2.75, 3.05) is 7.11 Å². The summed E-state index contributed by atoms with van der Waals surface area (Å²) in [6.45, 7) is 0. The van der Waals surface area contributed by atoms with Gasteiger partial charge in [0.2, 0.25) is 0 Å². The van der Waals surface area contributed by atoms with Crippen LogP contribution in [0.5, 0.6) is 5.75 Å². The van der Waals surface area contributed by atoms with Gasteiger partial charge in [0.1, 0.15) is 5.75 Å². The number of thiophene rings is 1. The molecule has 0 N–H and O–H groups in total. The molecule has 2 heteroatoms. The molecule has 0 atom stereocenters. The number of ether oxygens (including phenoxy) is 1. The Labute approximate surface area is 81.6 Å². The van der Waals surface area contributed by atoms with E-state index in [2.05, 4.69) is 17.5 Å². The van der Waals surface area contributed by atoms with Gasteiger partial charge in [-0.25, -0.2) is 0 Å². The molecule has 0 unspecified atom stereocenters. The van der Waals surface area contributed by atoms with Crippen molar-refractivity contribution in [3.8, 4) is 16.2 Å². The Bertz CT molecular complexity index is 361. The van der Waals surface area contributed by atoms with Crippen LogP contribution in [-0.4, -0.2) is 7.11 Å². The fourth-order valence-electron chi connectivity index (χ4n) is 1.12. The van der Waals surface area contributed by atoms with Crippen molar-refractivity contribution < 1.29 is 4.74 Å². The number of rotatable bonds is 2. The SMILES string of the molecule is COc1c[c]c(-c2cccs2)cc1. The van der Waals surface area contributed by atoms with Crippen LogP contribution in [0.4, 0.5) is 0 Å². The molecule has 65 valence electrons. The largest absolute Gasteiger partial charge is 0.497 e. The maximum Gasteiger partial charge on any atom is 0.119 e. The molecule has 0 amide bonds. The molecule has 0 fully saturated rings. The van der Waals surface area contributed by atoms with E-state index in [-0.39, 0.29) is 0 Å². The van der Waals surface area contributed by atoms with Gasteiger partial charge in [0.05, 0.1) is 7.11 Å². The highest BCUT2D eigenvalue weighted by Gasteiger charge is 1.98. The zero-order chi connectivity index (χ0) is 9.10. The summed E-state index contributed by atoms with van der Waals surface area (Å²) in [7, 11) is 1.66. The summed E-state index contributed by atoms with van der Waals surface area (Å²) >= 11 is 1.72. The molecule has 1 radical (unpaired) electrons. The fourth-order valence-corrected chi connectivity index (χ4v) is 1.84. The fraction of sp³-hybridized carbons (Fsp3) is 0.0909. The van der Waals surface area contributed by atoms with Crippen molar-refractivity contribution in [1.82, 2.24) is 0 Å². The Balaban J connectivity index is 2.33. The van der Waals surface area contributed by atoms with Crippen molar-refractivity contribution in [2.24, 2.45) is 0 Å². The van der Waals surface area contributed by atoms with Gasteiger partial charge >= 0.3 is 0 Å². The van der Waals surface area contributed by atoms with Crippen LogP contribution in [0.2, 0.25) is 0 Å². The predicted molar refractivity (Wildman–Crippen MR) is 55.1 cm³/mol. The van der Waals surface area contributed by atoms with E-state index in [1.54, 1.807) is 18.4 Å². The first-order chi connectivity index (χ1) is 6.40. The Morgan fingerprint density at radius 1 is 1.31 bits per heavy atom. The molecule has 0 spiro atoms. The van der Waals surface area contributed by atoms with E-state index in [1.807, 2.05) is 24.3 Å². The van der Waals surface area contributed by atoms with Gasteiger partial charge in [0.15, 0.2) is 0 Å².